The predicted molar refractivity (Wildman–Crippen MR) is 123 cm³/mol. The van der Waals surface area contributed by atoms with Gasteiger partial charge < -0.3 is 9.64 Å². The highest BCUT2D eigenvalue weighted by Crippen LogP contribution is 2.34. The molecule has 2 fully saturated rings. The number of sulfonamides is 1. The minimum atomic E-state index is -3.25. The average Bonchev–Trinajstić information content (AvgIpc) is 3.61. The van der Waals surface area contributed by atoms with Gasteiger partial charge in [0.05, 0.1) is 11.9 Å². The SMILES string of the molecule is C=C1CCOc2ccccc2-c2cccc(c2)CC2C(NS(=O)(=O)C3CC3)CCCN12. The van der Waals surface area contributed by atoms with E-state index in [0.717, 1.165) is 67.6 Å². The fourth-order valence-electron chi connectivity index (χ4n) is 4.89. The number of nitrogens with one attached hydrogen (secondary N) is 1. The summed E-state index contributed by atoms with van der Waals surface area (Å²) < 4.78 is 34.7. The summed E-state index contributed by atoms with van der Waals surface area (Å²) >= 11 is 0. The van der Waals surface area contributed by atoms with Gasteiger partial charge in [0, 0.05) is 36.3 Å². The fourth-order valence-corrected chi connectivity index (χ4v) is 6.53. The Morgan fingerprint density at radius 2 is 1.90 bits per heavy atom. The Hall–Kier alpha value is -2.31. The van der Waals surface area contributed by atoms with E-state index in [-0.39, 0.29) is 17.3 Å². The molecule has 2 unspecified atom stereocenters. The molecule has 1 saturated heterocycles. The molecule has 1 N–H and O–H groups in total. The van der Waals surface area contributed by atoms with E-state index < -0.39 is 10.0 Å². The van der Waals surface area contributed by atoms with Crippen LogP contribution in [0.1, 0.15) is 37.7 Å². The van der Waals surface area contributed by atoms with Crippen LogP contribution >= 0.6 is 0 Å². The van der Waals surface area contributed by atoms with Gasteiger partial charge in [0.15, 0.2) is 0 Å². The van der Waals surface area contributed by atoms with Gasteiger partial charge in [-0.2, -0.15) is 0 Å². The van der Waals surface area contributed by atoms with E-state index in [1.54, 1.807) is 0 Å². The maximum absolute atomic E-state index is 12.7. The smallest absolute Gasteiger partial charge is 0.214 e. The first-order valence-electron chi connectivity index (χ1n) is 11.3. The van der Waals surface area contributed by atoms with E-state index in [1.165, 1.54) is 5.56 Å². The van der Waals surface area contributed by atoms with E-state index >= 15 is 0 Å². The summed E-state index contributed by atoms with van der Waals surface area (Å²) in [7, 11) is -3.25. The molecule has 1 aliphatic carbocycles. The molecule has 0 radical (unpaired) electrons. The Kier molecular flexibility index (Phi) is 5.52. The summed E-state index contributed by atoms with van der Waals surface area (Å²) in [6, 6.07) is 16.6. The first-order chi connectivity index (χ1) is 15.0. The third kappa shape index (κ3) is 4.37. The summed E-state index contributed by atoms with van der Waals surface area (Å²) in [5.41, 5.74) is 4.44. The molecule has 1 saturated carbocycles. The molecule has 2 aliphatic heterocycles. The first-order valence-corrected chi connectivity index (χ1v) is 12.8. The molecule has 0 amide bonds. The lowest BCUT2D eigenvalue weighted by molar-refractivity contribution is 0.150. The lowest BCUT2D eigenvalue weighted by Gasteiger charge is -2.44. The van der Waals surface area contributed by atoms with Crippen LogP contribution in [0.2, 0.25) is 0 Å². The Morgan fingerprint density at radius 1 is 1.06 bits per heavy atom. The summed E-state index contributed by atoms with van der Waals surface area (Å²) in [5.74, 6) is 0.887. The number of hydrogen-bond donors (Lipinski definition) is 1. The molecule has 0 aromatic heterocycles. The molecule has 31 heavy (non-hydrogen) atoms. The highest BCUT2D eigenvalue weighted by Gasteiger charge is 2.40. The third-order valence-electron chi connectivity index (χ3n) is 6.68. The lowest BCUT2D eigenvalue weighted by Crippen LogP contribution is -2.56. The molecular formula is C25H30N2O3S. The van der Waals surface area contributed by atoms with E-state index in [0.29, 0.717) is 6.61 Å². The molecule has 0 spiro atoms. The maximum Gasteiger partial charge on any atom is 0.214 e. The van der Waals surface area contributed by atoms with Crippen LogP contribution in [0.15, 0.2) is 60.8 Å². The molecule has 5 rings (SSSR count). The first kappa shape index (κ1) is 20.6. The van der Waals surface area contributed by atoms with E-state index in [9.17, 15) is 8.42 Å². The number of rotatable bonds is 3. The maximum atomic E-state index is 12.7. The van der Waals surface area contributed by atoms with Crippen LogP contribution in [-0.2, 0) is 16.4 Å². The van der Waals surface area contributed by atoms with E-state index in [4.69, 9.17) is 4.74 Å². The minimum absolute atomic E-state index is 0.0553. The highest BCUT2D eigenvalue weighted by atomic mass is 32.2. The van der Waals surface area contributed by atoms with E-state index in [2.05, 4.69) is 46.5 Å². The Labute approximate surface area is 185 Å². The minimum Gasteiger partial charge on any atom is -0.493 e. The van der Waals surface area contributed by atoms with Crippen molar-refractivity contribution in [3.8, 4) is 16.9 Å². The zero-order chi connectivity index (χ0) is 21.4. The average molecular weight is 439 g/mol. The second-order valence-corrected chi connectivity index (χ2v) is 10.9. The van der Waals surface area contributed by atoms with Gasteiger partial charge in [0.2, 0.25) is 10.0 Å². The number of hydrogen-bond acceptors (Lipinski definition) is 4. The Bertz CT molecular complexity index is 1080. The van der Waals surface area contributed by atoms with Crippen molar-refractivity contribution < 1.29 is 13.2 Å². The van der Waals surface area contributed by atoms with Gasteiger partial charge in [-0.3, -0.25) is 0 Å². The van der Waals surface area contributed by atoms with Crippen molar-refractivity contribution in [1.82, 2.24) is 9.62 Å². The van der Waals surface area contributed by atoms with Crippen LogP contribution in [0.4, 0.5) is 0 Å². The zero-order valence-electron chi connectivity index (χ0n) is 17.8. The highest BCUT2D eigenvalue weighted by molar-refractivity contribution is 7.90. The third-order valence-corrected chi connectivity index (χ3v) is 8.66. The van der Waals surface area contributed by atoms with Crippen LogP contribution in [0, 0.1) is 0 Å². The van der Waals surface area contributed by atoms with Crippen LogP contribution in [-0.4, -0.2) is 43.8 Å². The van der Waals surface area contributed by atoms with Crippen molar-refractivity contribution in [2.45, 2.75) is 55.9 Å². The van der Waals surface area contributed by atoms with Gasteiger partial charge >= 0.3 is 0 Å². The molecule has 2 heterocycles. The molecule has 3 aliphatic rings. The monoisotopic (exact) mass is 438 g/mol. The summed E-state index contributed by atoms with van der Waals surface area (Å²) in [6.07, 6.45) is 4.88. The van der Waals surface area contributed by atoms with Gasteiger partial charge in [-0.25, -0.2) is 13.1 Å². The quantitative estimate of drug-likeness (QED) is 0.784. The van der Waals surface area contributed by atoms with Crippen LogP contribution in [0.5, 0.6) is 5.75 Å². The molecule has 164 valence electrons. The van der Waals surface area contributed by atoms with Gasteiger partial charge in [-0.15, -0.1) is 0 Å². The molecule has 2 aromatic carbocycles. The summed E-state index contributed by atoms with van der Waals surface area (Å²) in [6.45, 7) is 5.82. The van der Waals surface area contributed by atoms with Crippen molar-refractivity contribution in [1.29, 1.82) is 0 Å². The second kappa shape index (κ2) is 8.32. The van der Waals surface area contributed by atoms with Crippen LogP contribution in [0.3, 0.4) is 0 Å². The molecule has 5 nitrogen and oxygen atoms in total. The van der Waals surface area contributed by atoms with Crippen molar-refractivity contribution in [3.63, 3.8) is 0 Å². The Morgan fingerprint density at radius 3 is 2.74 bits per heavy atom. The predicted octanol–water partition coefficient (Wildman–Crippen LogP) is 4.11. The van der Waals surface area contributed by atoms with Crippen LogP contribution < -0.4 is 9.46 Å². The van der Waals surface area contributed by atoms with Gasteiger partial charge in [-0.1, -0.05) is 49.0 Å². The molecular weight excluding hydrogens is 408 g/mol. The number of ether oxygens (including phenoxy) is 1. The van der Waals surface area contributed by atoms with Crippen molar-refractivity contribution >= 4 is 10.0 Å². The summed E-state index contributed by atoms with van der Waals surface area (Å²) in [4.78, 5) is 2.33. The standard InChI is InChI=1S/C25H30N2O3S/c1-18-13-15-30-25-10-3-2-8-22(25)20-7-4-6-19(16-20)17-24-23(9-5-14-27(18)24)26-31(28,29)21-11-12-21/h2-4,6-8,10,16,21,23-24,26H,1,5,9,11-15,17H2. The number of benzene rings is 2. The number of nitrogens with zero attached hydrogens (tertiary/aromatic N) is 1. The molecule has 2 atom stereocenters. The second-order valence-electron chi connectivity index (χ2n) is 8.94. The largest absolute Gasteiger partial charge is 0.493 e. The number of fused-ring (bicyclic) bond motifs is 5. The van der Waals surface area contributed by atoms with Crippen molar-refractivity contribution in [3.05, 3.63) is 66.4 Å². The summed E-state index contributed by atoms with van der Waals surface area (Å²) in [5, 5.41) is -0.203. The molecule has 2 aromatic rings. The van der Waals surface area contributed by atoms with Gasteiger partial charge in [0.25, 0.3) is 0 Å². The number of piperidine rings is 1. The Balaban J connectivity index is 1.51. The van der Waals surface area contributed by atoms with Gasteiger partial charge in [0.1, 0.15) is 5.75 Å². The lowest BCUT2D eigenvalue weighted by atomic mass is 9.89. The molecule has 6 heteroatoms. The van der Waals surface area contributed by atoms with Crippen molar-refractivity contribution in [2.24, 2.45) is 0 Å². The van der Waals surface area contributed by atoms with Gasteiger partial charge in [-0.05, 0) is 49.3 Å². The number of para-hydroxylation sites is 1. The van der Waals surface area contributed by atoms with Crippen LogP contribution in [0.25, 0.3) is 11.1 Å². The topological polar surface area (TPSA) is 58.6 Å². The zero-order valence-corrected chi connectivity index (χ0v) is 18.6. The fraction of sp³-hybridized carbons (Fsp3) is 0.440. The van der Waals surface area contributed by atoms with E-state index in [1.807, 2.05) is 18.2 Å². The van der Waals surface area contributed by atoms with Crippen molar-refractivity contribution in [2.75, 3.05) is 13.2 Å². The molecule has 2 bridgehead atoms. The normalized spacial score (nSPS) is 24.3.